The lowest BCUT2D eigenvalue weighted by molar-refractivity contribution is -0.122. The van der Waals surface area contributed by atoms with Crippen LogP contribution >= 0.6 is 0 Å². The maximum Gasteiger partial charge on any atom is 0.309 e. The van der Waals surface area contributed by atoms with E-state index in [-0.39, 0.29) is 23.3 Å². The van der Waals surface area contributed by atoms with Crippen molar-refractivity contribution >= 4 is 33.1 Å². The van der Waals surface area contributed by atoms with E-state index in [9.17, 15) is 13.2 Å². The molecule has 0 aromatic heterocycles. The number of hydrogen-bond acceptors (Lipinski definition) is 8. The van der Waals surface area contributed by atoms with E-state index in [1.165, 1.54) is 7.11 Å². The predicted octanol–water partition coefficient (Wildman–Crippen LogP) is 5.21. The molecule has 0 spiro atoms. The van der Waals surface area contributed by atoms with Gasteiger partial charge in [0.05, 0.1) is 37.9 Å². The van der Waals surface area contributed by atoms with Crippen LogP contribution in [0.4, 0.5) is 17.1 Å². The number of para-hydroxylation sites is 2. The van der Waals surface area contributed by atoms with Crippen LogP contribution in [-0.4, -0.2) is 39.8 Å². The number of nitrogens with zero attached hydrogens (tertiary/aromatic N) is 2. The zero-order valence-corrected chi connectivity index (χ0v) is 23.8. The van der Waals surface area contributed by atoms with Gasteiger partial charge < -0.3 is 19.0 Å². The van der Waals surface area contributed by atoms with Crippen molar-refractivity contribution in [2.24, 2.45) is 5.92 Å². The summed E-state index contributed by atoms with van der Waals surface area (Å²) in [4.78, 5) is 13.8. The van der Waals surface area contributed by atoms with E-state index in [2.05, 4.69) is 5.32 Å². The van der Waals surface area contributed by atoms with Crippen molar-refractivity contribution in [1.82, 2.24) is 0 Å². The molecule has 0 atom stereocenters. The number of benzene rings is 3. The normalized spacial score (nSPS) is 15.7. The molecule has 2 heterocycles. The average Bonchev–Trinajstić information content (AvgIpc) is 3.27. The van der Waals surface area contributed by atoms with Crippen molar-refractivity contribution < 1.29 is 26.9 Å². The van der Waals surface area contributed by atoms with Gasteiger partial charge in [0.25, 0.3) is 5.91 Å². The van der Waals surface area contributed by atoms with Crippen LogP contribution < -0.4 is 29.0 Å². The summed E-state index contributed by atoms with van der Waals surface area (Å²) in [5.74, 6) is 1.05. The van der Waals surface area contributed by atoms with E-state index in [1.54, 1.807) is 30.3 Å². The van der Waals surface area contributed by atoms with Gasteiger partial charge in [0, 0.05) is 17.2 Å². The van der Waals surface area contributed by atoms with Gasteiger partial charge in [-0.3, -0.25) is 9.80 Å². The Balaban J connectivity index is 1.62. The fourth-order valence-corrected chi connectivity index (χ4v) is 6.45. The first kappa shape index (κ1) is 26.7. The smallest absolute Gasteiger partial charge is 0.309 e. The first-order valence-electron chi connectivity index (χ1n) is 12.8. The number of hydrogen-bond donors (Lipinski definition) is 1. The molecule has 1 N–H and O–H groups in total. The Labute approximate surface area is 229 Å². The van der Waals surface area contributed by atoms with Gasteiger partial charge in [0.2, 0.25) is 0 Å². The second-order valence-corrected chi connectivity index (χ2v) is 12.3. The molecule has 3 aromatic rings. The molecule has 0 aliphatic carbocycles. The highest BCUT2D eigenvalue weighted by Crippen LogP contribution is 2.51. The molecule has 0 unspecified atom stereocenters. The zero-order chi connectivity index (χ0) is 28.1. The van der Waals surface area contributed by atoms with Crippen molar-refractivity contribution in [2.45, 2.75) is 39.8 Å². The van der Waals surface area contributed by atoms with E-state index < -0.39 is 15.7 Å². The quantitative estimate of drug-likeness (QED) is 0.381. The van der Waals surface area contributed by atoms with Crippen LogP contribution in [0.5, 0.6) is 17.2 Å². The number of anilines is 3. The van der Waals surface area contributed by atoms with E-state index in [0.717, 1.165) is 33.8 Å². The lowest BCUT2D eigenvalue weighted by Crippen LogP contribution is -2.57. The van der Waals surface area contributed by atoms with Crippen LogP contribution in [0.3, 0.4) is 0 Å². The SMILES string of the molecule is COc1cc(OS(=O)(=O)CC(C)C)ccc1-c1ccc2c3c1CN(c1ccccc1OC)N3C(=O)C(C)(C)N2. The lowest BCUT2D eigenvalue weighted by atomic mass is 9.93. The minimum absolute atomic E-state index is 0.0636. The molecule has 206 valence electrons. The fourth-order valence-electron chi connectivity index (χ4n) is 5.17. The topological polar surface area (TPSA) is 97.4 Å². The highest BCUT2D eigenvalue weighted by molar-refractivity contribution is 7.87. The Kier molecular flexibility index (Phi) is 6.62. The molecule has 2 aliphatic heterocycles. The van der Waals surface area contributed by atoms with Crippen LogP contribution in [0.15, 0.2) is 54.6 Å². The molecule has 5 rings (SSSR count). The zero-order valence-electron chi connectivity index (χ0n) is 22.9. The molecule has 0 fully saturated rings. The summed E-state index contributed by atoms with van der Waals surface area (Å²) in [6, 6.07) is 16.5. The van der Waals surface area contributed by atoms with Gasteiger partial charge in [-0.15, -0.1) is 0 Å². The molecule has 0 radical (unpaired) electrons. The molecular formula is C29H33N3O6S. The second-order valence-electron chi connectivity index (χ2n) is 10.6. The van der Waals surface area contributed by atoms with Crippen molar-refractivity contribution in [3.05, 3.63) is 60.2 Å². The van der Waals surface area contributed by atoms with Crippen LogP contribution in [-0.2, 0) is 21.5 Å². The minimum atomic E-state index is -3.74. The van der Waals surface area contributed by atoms with E-state index >= 15 is 0 Å². The Morgan fingerprint density at radius 3 is 2.36 bits per heavy atom. The van der Waals surface area contributed by atoms with Crippen LogP contribution in [0, 0.1) is 5.92 Å². The van der Waals surface area contributed by atoms with E-state index in [0.29, 0.717) is 18.0 Å². The maximum atomic E-state index is 13.8. The third kappa shape index (κ3) is 4.73. The predicted molar refractivity (Wildman–Crippen MR) is 152 cm³/mol. The molecule has 1 amide bonds. The summed E-state index contributed by atoms with van der Waals surface area (Å²) >= 11 is 0. The number of ether oxygens (including phenoxy) is 2. The Hall–Kier alpha value is -3.92. The summed E-state index contributed by atoms with van der Waals surface area (Å²) in [5.41, 5.74) is 4.09. The number of hydrazine groups is 1. The van der Waals surface area contributed by atoms with Crippen LogP contribution in [0.25, 0.3) is 11.1 Å². The van der Waals surface area contributed by atoms with Crippen molar-refractivity contribution in [3.8, 4) is 28.4 Å². The third-order valence-electron chi connectivity index (χ3n) is 6.81. The van der Waals surface area contributed by atoms with Gasteiger partial charge in [0.1, 0.15) is 28.5 Å². The highest BCUT2D eigenvalue weighted by atomic mass is 32.2. The molecular weight excluding hydrogens is 518 g/mol. The summed E-state index contributed by atoms with van der Waals surface area (Å²) in [6.07, 6.45) is 0. The fraction of sp³-hybridized carbons (Fsp3) is 0.345. The van der Waals surface area contributed by atoms with E-state index in [4.69, 9.17) is 13.7 Å². The van der Waals surface area contributed by atoms with Crippen molar-refractivity contribution in [3.63, 3.8) is 0 Å². The second kappa shape index (κ2) is 9.68. The van der Waals surface area contributed by atoms with Crippen LogP contribution in [0.1, 0.15) is 33.3 Å². The molecule has 0 saturated carbocycles. The molecule has 0 saturated heterocycles. The summed E-state index contributed by atoms with van der Waals surface area (Å²) in [6.45, 7) is 7.77. The minimum Gasteiger partial charge on any atom is -0.496 e. The number of carbonyl (C=O) groups excluding carboxylic acids is 1. The van der Waals surface area contributed by atoms with Gasteiger partial charge in [-0.25, -0.2) is 5.01 Å². The van der Waals surface area contributed by atoms with E-state index in [1.807, 2.05) is 69.1 Å². The monoisotopic (exact) mass is 551 g/mol. The van der Waals surface area contributed by atoms with Crippen molar-refractivity contribution in [2.75, 3.05) is 35.3 Å². The van der Waals surface area contributed by atoms with Gasteiger partial charge >= 0.3 is 10.1 Å². The van der Waals surface area contributed by atoms with Gasteiger partial charge in [-0.05, 0) is 55.7 Å². The maximum absolute atomic E-state index is 13.8. The molecule has 2 aliphatic rings. The average molecular weight is 552 g/mol. The largest absolute Gasteiger partial charge is 0.496 e. The lowest BCUT2D eigenvalue weighted by Gasteiger charge is -2.41. The number of rotatable bonds is 8. The standard InChI is InChI=1S/C29H33N3O6S/c1-18(2)17-39(34,35)38-19-11-12-21(26(15-19)37-6)20-13-14-23-27-22(20)16-31(24-9-7-8-10-25(24)36-5)32(27)28(33)29(3,4)30-23/h7-15,18,30H,16-17H2,1-6H3. The number of nitrogens with one attached hydrogen (secondary N) is 1. The summed E-state index contributed by atoms with van der Waals surface area (Å²) in [5, 5.41) is 7.05. The molecule has 9 nitrogen and oxygen atoms in total. The number of methoxy groups -OCH3 is 2. The van der Waals surface area contributed by atoms with Gasteiger partial charge in [-0.1, -0.05) is 32.0 Å². The summed E-state index contributed by atoms with van der Waals surface area (Å²) in [7, 11) is -0.602. The van der Waals surface area contributed by atoms with Gasteiger partial charge in [0.15, 0.2) is 0 Å². The summed E-state index contributed by atoms with van der Waals surface area (Å²) < 4.78 is 41.5. The number of amides is 1. The first-order valence-corrected chi connectivity index (χ1v) is 14.3. The third-order valence-corrected chi connectivity index (χ3v) is 8.33. The van der Waals surface area contributed by atoms with Gasteiger partial charge in [-0.2, -0.15) is 8.42 Å². The molecule has 0 bridgehead atoms. The Morgan fingerprint density at radius 2 is 1.67 bits per heavy atom. The Morgan fingerprint density at radius 1 is 0.974 bits per heavy atom. The highest BCUT2D eigenvalue weighted by Gasteiger charge is 2.47. The van der Waals surface area contributed by atoms with Crippen LogP contribution in [0.2, 0.25) is 0 Å². The Bertz CT molecular complexity index is 1550. The molecule has 3 aromatic carbocycles. The molecule has 10 heteroatoms. The number of carbonyl (C=O) groups is 1. The van der Waals surface area contributed by atoms with Crippen molar-refractivity contribution in [1.29, 1.82) is 0 Å². The molecule has 39 heavy (non-hydrogen) atoms. The first-order chi connectivity index (χ1) is 18.5.